The molecule has 0 N–H and O–H groups in total. The van der Waals surface area contributed by atoms with E-state index in [1.165, 1.54) is 6.26 Å². The van der Waals surface area contributed by atoms with Gasteiger partial charge in [-0.15, -0.1) is 0 Å². The molecule has 0 bridgehead atoms. The Balaban J connectivity index is 1.63. The summed E-state index contributed by atoms with van der Waals surface area (Å²) in [4.78, 5) is 13.8. The zero-order chi connectivity index (χ0) is 15.7. The Hall–Kier alpha value is -2.08. The quantitative estimate of drug-likeness (QED) is 0.865. The van der Waals surface area contributed by atoms with Crippen molar-refractivity contribution in [2.45, 2.75) is 17.9 Å². The summed E-state index contributed by atoms with van der Waals surface area (Å²) < 4.78 is 29.6. The van der Waals surface area contributed by atoms with Crippen molar-refractivity contribution in [3.63, 3.8) is 0 Å². The Kier molecular flexibility index (Phi) is 3.78. The highest BCUT2D eigenvalue weighted by atomic mass is 32.2. The molecule has 5 nitrogen and oxygen atoms in total. The Morgan fingerprint density at radius 1 is 1.27 bits per heavy atom. The van der Waals surface area contributed by atoms with Gasteiger partial charge in [0.25, 0.3) is 5.91 Å². The molecule has 0 saturated carbocycles. The molecule has 2 aromatic rings. The van der Waals surface area contributed by atoms with Gasteiger partial charge in [0.05, 0.1) is 11.5 Å². The van der Waals surface area contributed by atoms with Gasteiger partial charge in [-0.1, -0.05) is 17.7 Å². The van der Waals surface area contributed by atoms with Gasteiger partial charge in [-0.25, -0.2) is 8.42 Å². The van der Waals surface area contributed by atoms with Crippen LogP contribution in [0.4, 0.5) is 0 Å². The third kappa shape index (κ3) is 2.92. The molecule has 3 rings (SSSR count). The summed E-state index contributed by atoms with van der Waals surface area (Å²) in [6.45, 7) is 2.41. The van der Waals surface area contributed by atoms with Crippen molar-refractivity contribution in [1.29, 1.82) is 0 Å². The molecule has 1 fully saturated rings. The molecule has 0 aliphatic carbocycles. The molecule has 0 atom stereocenters. The monoisotopic (exact) mass is 319 g/mol. The van der Waals surface area contributed by atoms with Crippen LogP contribution in [-0.4, -0.2) is 37.6 Å². The summed E-state index contributed by atoms with van der Waals surface area (Å²) in [6.07, 6.45) is 1.46. The summed E-state index contributed by atoms with van der Waals surface area (Å²) in [5.41, 5.74) is 1.61. The van der Waals surface area contributed by atoms with Crippen molar-refractivity contribution in [1.82, 2.24) is 4.90 Å². The number of rotatable bonds is 4. The number of aryl methyl sites for hydroxylation is 1. The van der Waals surface area contributed by atoms with E-state index in [-0.39, 0.29) is 24.7 Å². The molecule has 1 aliphatic rings. The number of carbonyl (C=O) groups is 1. The number of hydrogen-bond donors (Lipinski definition) is 0. The van der Waals surface area contributed by atoms with Crippen molar-refractivity contribution in [2.75, 3.05) is 13.1 Å². The molecule has 0 radical (unpaired) electrons. The Bertz CT molecular complexity index is 774. The molecule has 1 saturated heterocycles. The smallest absolute Gasteiger partial charge is 0.253 e. The van der Waals surface area contributed by atoms with Crippen molar-refractivity contribution >= 4 is 15.7 Å². The van der Waals surface area contributed by atoms with E-state index in [0.29, 0.717) is 11.3 Å². The van der Waals surface area contributed by atoms with Crippen LogP contribution < -0.4 is 0 Å². The van der Waals surface area contributed by atoms with Crippen LogP contribution in [0.1, 0.15) is 21.7 Å². The number of nitrogens with zero attached hydrogens (tertiary/aromatic N) is 1. The van der Waals surface area contributed by atoms with Crippen LogP contribution in [0.5, 0.6) is 0 Å². The van der Waals surface area contributed by atoms with Crippen molar-refractivity contribution < 1.29 is 17.6 Å². The number of furan rings is 1. The van der Waals surface area contributed by atoms with E-state index < -0.39 is 15.1 Å². The highest BCUT2D eigenvalue weighted by molar-refractivity contribution is 7.91. The van der Waals surface area contributed by atoms with E-state index >= 15 is 0 Å². The van der Waals surface area contributed by atoms with Crippen molar-refractivity contribution in [3.8, 4) is 0 Å². The fraction of sp³-hybridized carbons (Fsp3) is 0.312. The van der Waals surface area contributed by atoms with E-state index in [9.17, 15) is 13.2 Å². The summed E-state index contributed by atoms with van der Waals surface area (Å²) >= 11 is 0. The zero-order valence-corrected chi connectivity index (χ0v) is 13.0. The Morgan fingerprint density at radius 2 is 2.05 bits per heavy atom. The molecule has 0 unspecified atom stereocenters. The van der Waals surface area contributed by atoms with Gasteiger partial charge in [0.1, 0.15) is 11.5 Å². The fourth-order valence-electron chi connectivity index (χ4n) is 2.50. The first-order valence-electron chi connectivity index (χ1n) is 7.05. The lowest BCUT2D eigenvalue weighted by Crippen LogP contribution is -2.57. The molecule has 22 heavy (non-hydrogen) atoms. The Labute approximate surface area is 129 Å². The van der Waals surface area contributed by atoms with Crippen LogP contribution in [0, 0.1) is 6.92 Å². The second-order valence-electron chi connectivity index (χ2n) is 5.59. The van der Waals surface area contributed by atoms with Gasteiger partial charge in [-0.2, -0.15) is 0 Å². The first kappa shape index (κ1) is 14.8. The number of likely N-dealkylation sites (tertiary alicyclic amines) is 1. The third-order valence-corrected chi connectivity index (χ3v) is 5.83. The zero-order valence-electron chi connectivity index (χ0n) is 12.2. The van der Waals surface area contributed by atoms with Crippen molar-refractivity contribution in [2.24, 2.45) is 0 Å². The lowest BCUT2D eigenvalue weighted by molar-refractivity contribution is 0.0658. The van der Waals surface area contributed by atoms with Gasteiger partial charge in [-0.3, -0.25) is 4.79 Å². The minimum atomic E-state index is -3.29. The number of carbonyl (C=O) groups excluding carboxylic acids is 1. The van der Waals surface area contributed by atoms with Gasteiger partial charge < -0.3 is 9.32 Å². The van der Waals surface area contributed by atoms with E-state index in [1.807, 2.05) is 25.1 Å². The molecule has 6 heteroatoms. The average molecular weight is 319 g/mol. The maximum atomic E-state index is 12.3. The van der Waals surface area contributed by atoms with E-state index in [1.54, 1.807) is 23.1 Å². The topological polar surface area (TPSA) is 67.6 Å². The minimum absolute atomic E-state index is 0.114. The number of sulfone groups is 1. The second kappa shape index (κ2) is 5.61. The van der Waals surface area contributed by atoms with Gasteiger partial charge >= 0.3 is 0 Å². The van der Waals surface area contributed by atoms with E-state index in [0.717, 1.165) is 5.56 Å². The minimum Gasteiger partial charge on any atom is -0.468 e. The van der Waals surface area contributed by atoms with Crippen LogP contribution in [0.15, 0.2) is 47.1 Å². The van der Waals surface area contributed by atoms with Crippen molar-refractivity contribution in [3.05, 3.63) is 59.5 Å². The van der Waals surface area contributed by atoms with Gasteiger partial charge in [0, 0.05) is 18.7 Å². The first-order chi connectivity index (χ1) is 10.5. The maximum absolute atomic E-state index is 12.3. The lowest BCUT2D eigenvalue weighted by Gasteiger charge is -2.38. The molecule has 1 aromatic carbocycles. The van der Waals surface area contributed by atoms with E-state index in [4.69, 9.17) is 4.42 Å². The SMILES string of the molecule is Cc1cccc(C(=O)N2CC(S(=O)(=O)Cc3ccco3)C2)c1. The van der Waals surface area contributed by atoms with Gasteiger partial charge in [0.15, 0.2) is 9.84 Å². The fourth-order valence-corrected chi connectivity index (χ4v) is 4.11. The van der Waals surface area contributed by atoms with Crippen LogP contribution in [0.25, 0.3) is 0 Å². The normalized spacial score (nSPS) is 15.6. The maximum Gasteiger partial charge on any atom is 0.253 e. The Morgan fingerprint density at radius 3 is 2.68 bits per heavy atom. The highest BCUT2D eigenvalue weighted by Crippen LogP contribution is 2.22. The summed E-state index contributed by atoms with van der Waals surface area (Å²) in [5.74, 6) is 0.202. The van der Waals surface area contributed by atoms with Gasteiger partial charge in [0.2, 0.25) is 0 Å². The molecule has 2 heterocycles. The largest absolute Gasteiger partial charge is 0.468 e. The average Bonchev–Trinajstić information content (AvgIpc) is 2.88. The third-order valence-electron chi connectivity index (χ3n) is 3.83. The van der Waals surface area contributed by atoms with Crippen LogP contribution in [0.2, 0.25) is 0 Å². The molecule has 116 valence electrons. The second-order valence-corrected chi connectivity index (χ2v) is 7.87. The molecular formula is C16H17NO4S. The predicted molar refractivity (Wildman–Crippen MR) is 82.2 cm³/mol. The molecule has 0 spiro atoms. The molecule has 1 aromatic heterocycles. The number of amides is 1. The summed E-state index contributed by atoms with van der Waals surface area (Å²) in [5, 5.41) is -0.508. The number of hydrogen-bond acceptors (Lipinski definition) is 4. The predicted octanol–water partition coefficient (Wildman–Crippen LogP) is 2.03. The molecular weight excluding hydrogens is 302 g/mol. The summed E-state index contributed by atoms with van der Waals surface area (Å²) in [6, 6.07) is 10.6. The first-order valence-corrected chi connectivity index (χ1v) is 8.77. The van der Waals surface area contributed by atoms with E-state index in [2.05, 4.69) is 0 Å². The van der Waals surface area contributed by atoms with Crippen LogP contribution >= 0.6 is 0 Å². The highest BCUT2D eigenvalue weighted by Gasteiger charge is 2.40. The van der Waals surface area contributed by atoms with Crippen LogP contribution in [-0.2, 0) is 15.6 Å². The number of benzene rings is 1. The standard InChI is InChI=1S/C16H17NO4S/c1-12-4-2-5-13(8-12)16(18)17-9-15(10-17)22(19,20)11-14-6-3-7-21-14/h2-8,15H,9-11H2,1H3. The molecule has 1 amide bonds. The summed E-state index contributed by atoms with van der Waals surface area (Å²) in [7, 11) is -3.29. The van der Waals surface area contributed by atoms with Gasteiger partial charge in [-0.05, 0) is 31.2 Å². The van der Waals surface area contributed by atoms with Crippen LogP contribution in [0.3, 0.4) is 0 Å². The molecule has 1 aliphatic heterocycles. The lowest BCUT2D eigenvalue weighted by atomic mass is 10.1.